The van der Waals surface area contributed by atoms with Gasteiger partial charge in [0, 0.05) is 22.0 Å². The highest BCUT2D eigenvalue weighted by Crippen LogP contribution is 2.24. The molecule has 0 fully saturated rings. The smallest absolute Gasteiger partial charge is 0.209 e. The molecule has 3 aromatic rings. The lowest BCUT2D eigenvalue weighted by Gasteiger charge is -2.13. The van der Waals surface area contributed by atoms with E-state index in [-0.39, 0.29) is 0 Å². The van der Waals surface area contributed by atoms with Crippen LogP contribution in [0.4, 0.5) is 0 Å². The molecular weight excluding hydrogens is 316 g/mol. The third-order valence-electron chi connectivity index (χ3n) is 3.45. The molecule has 0 aliphatic heterocycles. The van der Waals surface area contributed by atoms with E-state index in [1.165, 1.54) is 10.4 Å². The molecule has 0 saturated heterocycles. The third kappa shape index (κ3) is 3.58. The largest absolute Gasteiger partial charge is 0.439 e. The number of halogens is 1. The first kappa shape index (κ1) is 15.3. The van der Waals surface area contributed by atoms with Gasteiger partial charge in [0.15, 0.2) is 5.76 Å². The van der Waals surface area contributed by atoms with Crippen molar-refractivity contribution in [3.63, 3.8) is 0 Å². The molecule has 2 heterocycles. The van der Waals surface area contributed by atoms with Gasteiger partial charge in [-0.3, -0.25) is 4.90 Å². The zero-order valence-electron chi connectivity index (χ0n) is 12.5. The molecule has 3 nitrogen and oxygen atoms in total. The second-order valence-corrected chi connectivity index (χ2v) is 6.76. The van der Waals surface area contributed by atoms with Crippen molar-refractivity contribution in [3.05, 3.63) is 63.3 Å². The Balaban J connectivity index is 1.68. The van der Waals surface area contributed by atoms with Crippen LogP contribution in [-0.4, -0.2) is 16.9 Å². The van der Waals surface area contributed by atoms with Crippen molar-refractivity contribution in [2.45, 2.75) is 20.0 Å². The summed E-state index contributed by atoms with van der Waals surface area (Å²) in [6.07, 6.45) is 1.76. The first-order chi connectivity index (χ1) is 10.6. The van der Waals surface area contributed by atoms with Gasteiger partial charge in [-0.05, 0) is 43.1 Å². The van der Waals surface area contributed by atoms with Gasteiger partial charge in [-0.2, -0.15) is 0 Å². The van der Waals surface area contributed by atoms with Gasteiger partial charge in [0.05, 0.1) is 12.7 Å². The first-order valence-electron chi connectivity index (χ1n) is 7.04. The first-order valence-corrected chi connectivity index (χ1v) is 8.30. The Morgan fingerprint density at radius 1 is 1.27 bits per heavy atom. The summed E-state index contributed by atoms with van der Waals surface area (Å²) in [6, 6.07) is 9.75. The van der Waals surface area contributed by atoms with E-state index in [0.29, 0.717) is 17.5 Å². The molecule has 5 heteroatoms. The fourth-order valence-corrected chi connectivity index (χ4v) is 3.43. The maximum absolute atomic E-state index is 6.01. The van der Waals surface area contributed by atoms with Gasteiger partial charge in [-0.1, -0.05) is 23.7 Å². The number of oxazole rings is 1. The lowest BCUT2D eigenvalue weighted by Crippen LogP contribution is -2.17. The van der Waals surface area contributed by atoms with E-state index in [1.807, 2.05) is 24.3 Å². The highest BCUT2D eigenvalue weighted by Gasteiger charge is 2.11. The van der Waals surface area contributed by atoms with Gasteiger partial charge >= 0.3 is 0 Å². The maximum Gasteiger partial charge on any atom is 0.209 e. The van der Waals surface area contributed by atoms with Gasteiger partial charge in [0.2, 0.25) is 5.89 Å². The van der Waals surface area contributed by atoms with Crippen LogP contribution in [0.2, 0.25) is 5.02 Å². The van der Waals surface area contributed by atoms with Crippen molar-refractivity contribution >= 4 is 22.9 Å². The Labute approximate surface area is 139 Å². The number of nitrogens with zero attached hydrogens (tertiary/aromatic N) is 2. The van der Waals surface area contributed by atoms with E-state index in [9.17, 15) is 0 Å². The Kier molecular flexibility index (Phi) is 4.62. The number of aromatic nitrogens is 1. The minimum atomic E-state index is 0.678. The molecule has 0 bridgehead atoms. The van der Waals surface area contributed by atoms with Crippen LogP contribution >= 0.6 is 22.9 Å². The summed E-state index contributed by atoms with van der Waals surface area (Å²) in [5.74, 6) is 1.46. The number of hydrogen-bond acceptors (Lipinski definition) is 4. The molecule has 0 atom stereocenters. The van der Waals surface area contributed by atoms with Crippen LogP contribution in [0.25, 0.3) is 11.3 Å². The van der Waals surface area contributed by atoms with E-state index in [4.69, 9.17) is 16.0 Å². The Bertz CT molecular complexity index is 765. The predicted molar refractivity (Wildman–Crippen MR) is 91.2 cm³/mol. The van der Waals surface area contributed by atoms with Crippen molar-refractivity contribution in [3.8, 4) is 11.3 Å². The van der Waals surface area contributed by atoms with Gasteiger partial charge in [0.1, 0.15) is 0 Å². The minimum absolute atomic E-state index is 0.678. The molecule has 114 valence electrons. The van der Waals surface area contributed by atoms with Crippen LogP contribution in [0, 0.1) is 6.92 Å². The molecule has 0 N–H and O–H groups in total. The molecule has 3 rings (SSSR count). The molecule has 1 aromatic carbocycles. The van der Waals surface area contributed by atoms with Crippen LogP contribution in [0.1, 0.15) is 16.3 Å². The maximum atomic E-state index is 6.01. The molecule has 0 spiro atoms. The zero-order chi connectivity index (χ0) is 15.5. The highest BCUT2D eigenvalue weighted by atomic mass is 35.5. The summed E-state index contributed by atoms with van der Waals surface area (Å²) in [5, 5.41) is 2.82. The highest BCUT2D eigenvalue weighted by molar-refractivity contribution is 7.10. The Morgan fingerprint density at radius 3 is 2.86 bits per heavy atom. The van der Waals surface area contributed by atoms with Crippen molar-refractivity contribution < 1.29 is 4.42 Å². The van der Waals surface area contributed by atoms with E-state index < -0.39 is 0 Å². The fraction of sp³-hybridized carbons (Fsp3) is 0.235. The average Bonchev–Trinajstić information content (AvgIpc) is 3.09. The third-order valence-corrected chi connectivity index (χ3v) is 4.69. The lowest BCUT2D eigenvalue weighted by molar-refractivity contribution is 0.284. The molecule has 0 amide bonds. The summed E-state index contributed by atoms with van der Waals surface area (Å²) in [7, 11) is 2.07. The predicted octanol–water partition coefficient (Wildman–Crippen LogP) is 5.00. The van der Waals surface area contributed by atoms with E-state index in [2.05, 4.69) is 35.3 Å². The standard InChI is InChI=1S/C17H17ClN2OS/c1-12-6-7-22-16(12)10-20(2)11-17-19-9-15(21-17)13-4-3-5-14(18)8-13/h3-9H,10-11H2,1-2H3. The normalized spacial score (nSPS) is 11.3. The van der Waals surface area contributed by atoms with Crippen molar-refractivity contribution in [1.29, 1.82) is 0 Å². The summed E-state index contributed by atoms with van der Waals surface area (Å²) in [6.45, 7) is 3.72. The number of thiophene rings is 1. The molecule has 0 saturated carbocycles. The van der Waals surface area contributed by atoms with Crippen molar-refractivity contribution in [1.82, 2.24) is 9.88 Å². The van der Waals surface area contributed by atoms with Crippen LogP contribution in [0.3, 0.4) is 0 Å². The fourth-order valence-electron chi connectivity index (χ4n) is 2.26. The lowest BCUT2D eigenvalue weighted by atomic mass is 10.2. The van der Waals surface area contributed by atoms with Crippen molar-refractivity contribution in [2.75, 3.05) is 7.05 Å². The second-order valence-electron chi connectivity index (χ2n) is 5.33. The average molecular weight is 333 g/mol. The molecular formula is C17H17ClN2OS. The monoisotopic (exact) mass is 332 g/mol. The number of aryl methyl sites for hydroxylation is 1. The summed E-state index contributed by atoms with van der Waals surface area (Å²) in [5.41, 5.74) is 2.28. The molecule has 0 aliphatic rings. The van der Waals surface area contributed by atoms with E-state index in [1.54, 1.807) is 17.5 Å². The van der Waals surface area contributed by atoms with Crippen LogP contribution in [0.5, 0.6) is 0 Å². The van der Waals surface area contributed by atoms with Gasteiger partial charge in [0.25, 0.3) is 0 Å². The van der Waals surface area contributed by atoms with E-state index in [0.717, 1.165) is 17.9 Å². The zero-order valence-corrected chi connectivity index (χ0v) is 14.1. The SMILES string of the molecule is Cc1ccsc1CN(C)Cc1ncc(-c2cccc(Cl)c2)o1. The second kappa shape index (κ2) is 6.65. The number of hydrogen-bond donors (Lipinski definition) is 0. The van der Waals surface area contributed by atoms with Gasteiger partial charge < -0.3 is 4.42 Å². The van der Waals surface area contributed by atoms with Crippen molar-refractivity contribution in [2.24, 2.45) is 0 Å². The summed E-state index contributed by atoms with van der Waals surface area (Å²) >= 11 is 7.80. The topological polar surface area (TPSA) is 29.3 Å². The summed E-state index contributed by atoms with van der Waals surface area (Å²) in [4.78, 5) is 7.95. The Morgan fingerprint density at radius 2 is 2.14 bits per heavy atom. The molecule has 22 heavy (non-hydrogen) atoms. The molecule has 2 aromatic heterocycles. The van der Waals surface area contributed by atoms with Crippen LogP contribution in [0.15, 0.2) is 46.3 Å². The molecule has 0 aliphatic carbocycles. The quantitative estimate of drug-likeness (QED) is 0.658. The number of rotatable bonds is 5. The van der Waals surface area contributed by atoms with Crippen LogP contribution in [-0.2, 0) is 13.1 Å². The van der Waals surface area contributed by atoms with Gasteiger partial charge in [-0.25, -0.2) is 4.98 Å². The molecule has 0 radical (unpaired) electrons. The van der Waals surface area contributed by atoms with E-state index >= 15 is 0 Å². The van der Waals surface area contributed by atoms with Crippen LogP contribution < -0.4 is 0 Å². The Hall–Kier alpha value is -1.62. The van der Waals surface area contributed by atoms with Gasteiger partial charge in [-0.15, -0.1) is 11.3 Å². The summed E-state index contributed by atoms with van der Waals surface area (Å²) < 4.78 is 5.84. The minimum Gasteiger partial charge on any atom is -0.439 e. The molecule has 0 unspecified atom stereocenters. The number of benzene rings is 1.